The lowest BCUT2D eigenvalue weighted by molar-refractivity contribution is 0.101. The summed E-state index contributed by atoms with van der Waals surface area (Å²) < 4.78 is 1.21. The molecular formula is C14H20BrNS. The van der Waals surface area contributed by atoms with Crippen molar-refractivity contribution < 1.29 is 0 Å². The highest BCUT2D eigenvalue weighted by molar-refractivity contribution is 9.10. The highest BCUT2D eigenvalue weighted by Crippen LogP contribution is 2.42. The summed E-state index contributed by atoms with van der Waals surface area (Å²) in [6, 6.07) is 8.47. The third kappa shape index (κ3) is 3.27. The second kappa shape index (κ2) is 5.77. The molecule has 1 aliphatic rings. The minimum absolute atomic E-state index is 0.485. The maximum atomic E-state index is 4.52. The van der Waals surface area contributed by atoms with Crippen LogP contribution in [-0.4, -0.2) is 24.2 Å². The van der Waals surface area contributed by atoms with Crippen molar-refractivity contribution in [2.75, 3.05) is 19.3 Å². The molecule has 1 aromatic carbocycles. The van der Waals surface area contributed by atoms with E-state index in [0.717, 1.165) is 18.8 Å². The molecule has 0 radical (unpaired) electrons. The molecule has 1 saturated carbocycles. The van der Waals surface area contributed by atoms with Crippen molar-refractivity contribution in [2.45, 2.75) is 25.8 Å². The molecule has 1 nitrogen and oxygen atoms in total. The number of benzene rings is 1. The molecule has 94 valence electrons. The lowest BCUT2D eigenvalue weighted by Gasteiger charge is -2.43. The summed E-state index contributed by atoms with van der Waals surface area (Å²) in [5.74, 6) is 1.02. The quantitative estimate of drug-likeness (QED) is 0.805. The molecule has 0 saturated heterocycles. The summed E-state index contributed by atoms with van der Waals surface area (Å²) in [6.07, 6.45) is 4.07. The first-order valence-corrected chi connectivity index (χ1v) is 7.61. The van der Waals surface area contributed by atoms with E-state index in [1.807, 2.05) is 0 Å². The molecule has 2 rings (SSSR count). The lowest BCUT2D eigenvalue weighted by atomic mass is 9.70. The van der Waals surface area contributed by atoms with Gasteiger partial charge in [-0.2, -0.15) is 12.6 Å². The van der Waals surface area contributed by atoms with E-state index in [1.54, 1.807) is 0 Å². The molecule has 0 unspecified atom stereocenters. The van der Waals surface area contributed by atoms with Crippen LogP contribution >= 0.6 is 28.6 Å². The number of hydrogen-bond acceptors (Lipinski definition) is 2. The van der Waals surface area contributed by atoms with Gasteiger partial charge in [-0.3, -0.25) is 0 Å². The van der Waals surface area contributed by atoms with E-state index >= 15 is 0 Å². The Balaban J connectivity index is 1.93. The fraction of sp³-hybridized carbons (Fsp3) is 0.571. The van der Waals surface area contributed by atoms with Crippen LogP contribution in [0.25, 0.3) is 0 Å². The van der Waals surface area contributed by atoms with Crippen molar-refractivity contribution in [1.82, 2.24) is 4.90 Å². The average molecular weight is 314 g/mol. The first-order chi connectivity index (χ1) is 8.15. The van der Waals surface area contributed by atoms with Crippen molar-refractivity contribution >= 4 is 28.6 Å². The lowest BCUT2D eigenvalue weighted by Crippen LogP contribution is -2.42. The Morgan fingerprint density at radius 3 is 2.59 bits per heavy atom. The van der Waals surface area contributed by atoms with Crippen molar-refractivity contribution in [2.24, 2.45) is 5.41 Å². The van der Waals surface area contributed by atoms with Crippen molar-refractivity contribution in [3.63, 3.8) is 0 Å². The van der Waals surface area contributed by atoms with Gasteiger partial charge in [0.05, 0.1) is 0 Å². The second-order valence-electron chi connectivity index (χ2n) is 5.28. The maximum absolute atomic E-state index is 4.52. The zero-order chi connectivity index (χ0) is 12.3. The van der Waals surface area contributed by atoms with Gasteiger partial charge in [0, 0.05) is 17.6 Å². The van der Waals surface area contributed by atoms with Gasteiger partial charge in [-0.1, -0.05) is 40.5 Å². The van der Waals surface area contributed by atoms with E-state index in [-0.39, 0.29) is 0 Å². The molecule has 0 aliphatic heterocycles. The van der Waals surface area contributed by atoms with Gasteiger partial charge >= 0.3 is 0 Å². The number of nitrogens with zero attached hydrogens (tertiary/aromatic N) is 1. The van der Waals surface area contributed by atoms with Crippen molar-refractivity contribution in [3.05, 3.63) is 34.3 Å². The van der Waals surface area contributed by atoms with E-state index in [1.165, 1.54) is 29.3 Å². The Morgan fingerprint density at radius 1 is 1.35 bits per heavy atom. The second-order valence-corrected chi connectivity index (χ2v) is 6.45. The van der Waals surface area contributed by atoms with Gasteiger partial charge in [0.1, 0.15) is 0 Å². The Labute approximate surface area is 118 Å². The highest BCUT2D eigenvalue weighted by atomic mass is 79.9. The van der Waals surface area contributed by atoms with Crippen LogP contribution in [0.4, 0.5) is 0 Å². The number of thiol groups is 1. The minimum Gasteiger partial charge on any atom is -0.301 e. The van der Waals surface area contributed by atoms with Crippen LogP contribution in [0.3, 0.4) is 0 Å². The van der Waals surface area contributed by atoms with Gasteiger partial charge in [0.2, 0.25) is 0 Å². The monoisotopic (exact) mass is 313 g/mol. The van der Waals surface area contributed by atoms with E-state index in [9.17, 15) is 0 Å². The molecule has 0 amide bonds. The smallest absolute Gasteiger partial charge is 0.0242 e. The van der Waals surface area contributed by atoms with Crippen molar-refractivity contribution in [1.29, 1.82) is 0 Å². The Hall–Kier alpha value is 0.01000. The molecule has 0 atom stereocenters. The van der Waals surface area contributed by atoms with E-state index in [0.29, 0.717) is 5.41 Å². The molecule has 0 heterocycles. The number of hydrogen-bond donors (Lipinski definition) is 1. The SMILES string of the molecule is CN(Cc1ccccc1Br)CC1(CS)CCC1. The van der Waals surface area contributed by atoms with E-state index in [2.05, 4.69) is 64.8 Å². The largest absolute Gasteiger partial charge is 0.301 e. The van der Waals surface area contributed by atoms with Gasteiger partial charge in [0.25, 0.3) is 0 Å². The molecule has 0 bridgehead atoms. The van der Waals surface area contributed by atoms with Crippen LogP contribution in [0.1, 0.15) is 24.8 Å². The third-order valence-corrected chi connectivity index (χ3v) is 5.20. The molecule has 0 aromatic heterocycles. The summed E-state index contributed by atoms with van der Waals surface area (Å²) in [5, 5.41) is 0. The summed E-state index contributed by atoms with van der Waals surface area (Å²) >= 11 is 8.13. The van der Waals surface area contributed by atoms with E-state index in [4.69, 9.17) is 0 Å². The predicted molar refractivity (Wildman–Crippen MR) is 80.6 cm³/mol. The van der Waals surface area contributed by atoms with Crippen LogP contribution in [0.5, 0.6) is 0 Å². The Bertz CT molecular complexity index is 371. The molecular weight excluding hydrogens is 294 g/mol. The summed E-state index contributed by atoms with van der Waals surface area (Å²) in [7, 11) is 2.21. The summed E-state index contributed by atoms with van der Waals surface area (Å²) in [4.78, 5) is 2.43. The van der Waals surface area contributed by atoms with Gasteiger partial charge in [-0.15, -0.1) is 0 Å². The van der Waals surface area contributed by atoms with Gasteiger partial charge in [0.15, 0.2) is 0 Å². The van der Waals surface area contributed by atoms with Crippen LogP contribution in [0, 0.1) is 5.41 Å². The maximum Gasteiger partial charge on any atom is 0.0242 e. The predicted octanol–water partition coefficient (Wildman–Crippen LogP) is 3.98. The molecule has 1 aliphatic carbocycles. The molecule has 3 heteroatoms. The molecule has 0 spiro atoms. The van der Waals surface area contributed by atoms with Crippen LogP contribution in [-0.2, 0) is 6.54 Å². The van der Waals surface area contributed by atoms with Crippen molar-refractivity contribution in [3.8, 4) is 0 Å². The zero-order valence-electron chi connectivity index (χ0n) is 10.3. The zero-order valence-corrected chi connectivity index (χ0v) is 12.8. The highest BCUT2D eigenvalue weighted by Gasteiger charge is 2.36. The third-order valence-electron chi connectivity index (χ3n) is 3.75. The van der Waals surface area contributed by atoms with Crippen LogP contribution < -0.4 is 0 Å². The van der Waals surface area contributed by atoms with Gasteiger partial charge < -0.3 is 4.90 Å². The van der Waals surface area contributed by atoms with Gasteiger partial charge in [-0.05, 0) is 42.7 Å². The van der Waals surface area contributed by atoms with Crippen LogP contribution in [0.15, 0.2) is 28.7 Å². The standard InChI is InChI=1S/C14H20BrNS/c1-16(10-14(11-17)7-4-8-14)9-12-5-2-3-6-13(12)15/h2-3,5-6,17H,4,7-11H2,1H3. The average Bonchev–Trinajstić information content (AvgIpc) is 2.27. The minimum atomic E-state index is 0.485. The summed E-state index contributed by atoms with van der Waals surface area (Å²) in [6.45, 7) is 2.18. The molecule has 1 fully saturated rings. The first kappa shape index (κ1) is 13.4. The Morgan fingerprint density at radius 2 is 2.06 bits per heavy atom. The summed E-state index contributed by atoms with van der Waals surface area (Å²) in [5.41, 5.74) is 1.85. The Kier molecular flexibility index (Phi) is 4.56. The fourth-order valence-corrected chi connectivity index (χ4v) is 3.42. The molecule has 17 heavy (non-hydrogen) atoms. The van der Waals surface area contributed by atoms with Gasteiger partial charge in [-0.25, -0.2) is 0 Å². The van der Waals surface area contributed by atoms with E-state index < -0.39 is 0 Å². The molecule has 0 N–H and O–H groups in total. The number of rotatable bonds is 5. The van der Waals surface area contributed by atoms with Crippen LogP contribution in [0.2, 0.25) is 0 Å². The molecule has 1 aromatic rings. The fourth-order valence-electron chi connectivity index (χ4n) is 2.59. The topological polar surface area (TPSA) is 3.24 Å². The normalized spacial score (nSPS) is 18.1. The first-order valence-electron chi connectivity index (χ1n) is 6.18. The number of halogens is 1.